The van der Waals surface area contributed by atoms with Crippen molar-refractivity contribution in [3.05, 3.63) is 92.9 Å². The third-order valence-electron chi connectivity index (χ3n) is 6.78. The molecule has 0 saturated carbocycles. The summed E-state index contributed by atoms with van der Waals surface area (Å²) in [5, 5.41) is 3.96. The van der Waals surface area contributed by atoms with E-state index in [4.69, 9.17) is 34.8 Å². The maximum Gasteiger partial charge on any atom is 0.264 e. The third kappa shape index (κ3) is 8.16. The van der Waals surface area contributed by atoms with Gasteiger partial charge >= 0.3 is 0 Å². The van der Waals surface area contributed by atoms with Gasteiger partial charge in [0.15, 0.2) is 0 Å². The average Bonchev–Trinajstić information content (AvgIpc) is 2.95. The van der Waals surface area contributed by atoms with Crippen LogP contribution in [0.3, 0.4) is 0 Å². The maximum atomic E-state index is 14.1. The van der Waals surface area contributed by atoms with Gasteiger partial charge in [-0.3, -0.25) is 13.9 Å². The summed E-state index contributed by atoms with van der Waals surface area (Å²) in [5.41, 5.74) is 1.62. The van der Waals surface area contributed by atoms with Gasteiger partial charge in [0, 0.05) is 17.6 Å². The second-order valence-electron chi connectivity index (χ2n) is 9.77. The number of carbonyl (C=O) groups excluding carboxylic acids is 2. The number of nitrogens with zero attached hydrogens (tertiary/aromatic N) is 2. The highest BCUT2D eigenvalue weighted by molar-refractivity contribution is 7.92. The quantitative estimate of drug-likeness (QED) is 0.235. The molecule has 3 aromatic carbocycles. The van der Waals surface area contributed by atoms with E-state index < -0.39 is 28.5 Å². The molecular weight excluding hydrogens is 605 g/mol. The Morgan fingerprint density at radius 2 is 1.56 bits per heavy atom. The summed E-state index contributed by atoms with van der Waals surface area (Å²) in [5.74, 6) is -0.899. The molecular formula is C30H34Cl3N3O4S. The number of sulfonamides is 1. The van der Waals surface area contributed by atoms with E-state index in [9.17, 15) is 18.0 Å². The van der Waals surface area contributed by atoms with Crippen molar-refractivity contribution >= 4 is 62.3 Å². The molecule has 0 aliphatic carbocycles. The smallest absolute Gasteiger partial charge is 0.264 e. The predicted octanol–water partition coefficient (Wildman–Crippen LogP) is 6.87. The van der Waals surface area contributed by atoms with Gasteiger partial charge in [-0.2, -0.15) is 0 Å². The van der Waals surface area contributed by atoms with E-state index in [1.807, 2.05) is 13.8 Å². The van der Waals surface area contributed by atoms with Gasteiger partial charge < -0.3 is 10.2 Å². The van der Waals surface area contributed by atoms with Gasteiger partial charge in [-0.1, -0.05) is 79.0 Å². The fourth-order valence-electron chi connectivity index (χ4n) is 4.18. The van der Waals surface area contributed by atoms with Crippen LogP contribution in [-0.2, 0) is 26.2 Å². The maximum absolute atomic E-state index is 14.1. The van der Waals surface area contributed by atoms with E-state index in [0.29, 0.717) is 33.5 Å². The van der Waals surface area contributed by atoms with Crippen LogP contribution in [0.25, 0.3) is 0 Å². The number of hydrogen-bond donors (Lipinski definition) is 1. The molecule has 0 fully saturated rings. The molecule has 3 aromatic rings. The zero-order valence-corrected chi connectivity index (χ0v) is 26.5. The van der Waals surface area contributed by atoms with Crippen molar-refractivity contribution < 1.29 is 18.0 Å². The van der Waals surface area contributed by atoms with Crippen LogP contribution in [-0.4, -0.2) is 43.8 Å². The molecule has 0 aliphatic rings. The molecule has 220 valence electrons. The van der Waals surface area contributed by atoms with Crippen molar-refractivity contribution in [3.63, 3.8) is 0 Å². The number of amides is 2. The van der Waals surface area contributed by atoms with Gasteiger partial charge in [0.1, 0.15) is 12.6 Å². The molecule has 2 atom stereocenters. The second-order valence-corrected chi connectivity index (χ2v) is 12.9. The lowest BCUT2D eigenvalue weighted by atomic mass is 10.1. The first kappa shape index (κ1) is 32.7. The minimum Gasteiger partial charge on any atom is -0.352 e. The number of anilines is 1. The molecule has 0 aliphatic heterocycles. The second kappa shape index (κ2) is 14.4. The van der Waals surface area contributed by atoms with Crippen molar-refractivity contribution in [3.8, 4) is 0 Å². The number of nitrogens with one attached hydrogen (secondary N) is 1. The fraction of sp³-hybridized carbons (Fsp3) is 0.333. The molecule has 0 unspecified atom stereocenters. The lowest BCUT2D eigenvalue weighted by Crippen LogP contribution is -2.53. The Morgan fingerprint density at radius 3 is 2.15 bits per heavy atom. The Kier molecular flexibility index (Phi) is 11.5. The van der Waals surface area contributed by atoms with Gasteiger partial charge in [-0.25, -0.2) is 8.42 Å². The van der Waals surface area contributed by atoms with Crippen LogP contribution in [0.1, 0.15) is 44.7 Å². The number of benzene rings is 3. The van der Waals surface area contributed by atoms with Gasteiger partial charge in [-0.05, 0) is 74.2 Å². The summed E-state index contributed by atoms with van der Waals surface area (Å²) in [6.07, 6.45) is 1.01. The molecule has 0 radical (unpaired) electrons. The molecule has 41 heavy (non-hydrogen) atoms. The first-order chi connectivity index (χ1) is 19.4. The van der Waals surface area contributed by atoms with Crippen LogP contribution in [0.5, 0.6) is 0 Å². The molecule has 3 rings (SSSR count). The Balaban J connectivity index is 2.09. The van der Waals surface area contributed by atoms with Crippen LogP contribution < -0.4 is 9.62 Å². The van der Waals surface area contributed by atoms with Crippen molar-refractivity contribution in [2.24, 2.45) is 0 Å². The Hall–Kier alpha value is -2.78. The highest BCUT2D eigenvalue weighted by Gasteiger charge is 2.34. The lowest BCUT2D eigenvalue weighted by Gasteiger charge is -2.34. The zero-order chi connectivity index (χ0) is 30.3. The predicted molar refractivity (Wildman–Crippen MR) is 166 cm³/mol. The summed E-state index contributed by atoms with van der Waals surface area (Å²) in [6.45, 7) is 6.87. The lowest BCUT2D eigenvalue weighted by molar-refractivity contribution is -0.140. The largest absolute Gasteiger partial charge is 0.352 e. The SMILES string of the molecule is CC[C@@H](C)NC(=O)[C@H](CC)N(Cc1ccc(Cl)c(Cl)c1)C(=O)CN(c1ccc(C)c(Cl)c1)S(=O)(=O)c1ccccc1. The van der Waals surface area contributed by atoms with Crippen molar-refractivity contribution in [1.29, 1.82) is 0 Å². The van der Waals surface area contributed by atoms with Gasteiger partial charge in [0.05, 0.1) is 20.6 Å². The summed E-state index contributed by atoms with van der Waals surface area (Å²) < 4.78 is 28.8. The molecule has 1 N–H and O–H groups in total. The number of carbonyl (C=O) groups is 2. The molecule has 0 heterocycles. The van der Waals surface area contributed by atoms with Gasteiger partial charge in [0.25, 0.3) is 10.0 Å². The van der Waals surface area contributed by atoms with E-state index in [-0.39, 0.29) is 29.1 Å². The highest BCUT2D eigenvalue weighted by atomic mass is 35.5. The number of hydrogen-bond acceptors (Lipinski definition) is 4. The number of halogens is 3. The average molecular weight is 639 g/mol. The van der Waals surface area contributed by atoms with Gasteiger partial charge in [0.2, 0.25) is 11.8 Å². The number of aryl methyl sites for hydroxylation is 1. The van der Waals surface area contributed by atoms with Crippen LogP contribution in [0.4, 0.5) is 5.69 Å². The topological polar surface area (TPSA) is 86.8 Å². The van der Waals surface area contributed by atoms with Gasteiger partial charge in [-0.15, -0.1) is 0 Å². The number of rotatable bonds is 12. The van der Waals surface area contributed by atoms with E-state index in [1.165, 1.54) is 23.1 Å². The van der Waals surface area contributed by atoms with Crippen molar-refractivity contribution in [1.82, 2.24) is 10.2 Å². The van der Waals surface area contributed by atoms with Crippen LogP contribution in [0, 0.1) is 6.92 Å². The van der Waals surface area contributed by atoms with Crippen molar-refractivity contribution in [2.75, 3.05) is 10.8 Å². The zero-order valence-electron chi connectivity index (χ0n) is 23.4. The van der Waals surface area contributed by atoms with E-state index in [0.717, 1.165) is 9.87 Å². The van der Waals surface area contributed by atoms with Crippen LogP contribution in [0.15, 0.2) is 71.6 Å². The molecule has 11 heteroatoms. The molecule has 0 saturated heterocycles. The summed E-state index contributed by atoms with van der Waals surface area (Å²) >= 11 is 18.7. The Labute approximate surface area is 257 Å². The Bertz CT molecular complexity index is 1490. The molecule has 0 aromatic heterocycles. The van der Waals surface area contributed by atoms with E-state index in [1.54, 1.807) is 62.4 Å². The summed E-state index contributed by atoms with van der Waals surface area (Å²) in [6, 6.07) is 16.6. The summed E-state index contributed by atoms with van der Waals surface area (Å²) in [7, 11) is -4.19. The molecule has 0 spiro atoms. The normalized spacial score (nSPS) is 12.9. The fourth-order valence-corrected chi connectivity index (χ4v) is 6.10. The molecule has 0 bridgehead atoms. The Morgan fingerprint density at radius 1 is 0.878 bits per heavy atom. The minimum absolute atomic E-state index is 0.00995. The molecule has 2 amide bonds. The van der Waals surface area contributed by atoms with Crippen LogP contribution in [0.2, 0.25) is 15.1 Å². The standard InChI is InChI=1S/C30H34Cl3N3O4S/c1-5-21(4)34-30(38)28(6-2)35(18-22-13-15-25(31)27(33)16-22)29(37)19-36(23-14-12-20(3)26(32)17-23)41(39,40)24-10-8-7-9-11-24/h7-17,21,28H,5-6,18-19H2,1-4H3,(H,34,38)/t21-,28+/m1/s1. The summed E-state index contributed by atoms with van der Waals surface area (Å²) in [4.78, 5) is 28.9. The monoisotopic (exact) mass is 637 g/mol. The van der Waals surface area contributed by atoms with Crippen LogP contribution >= 0.6 is 34.8 Å². The highest BCUT2D eigenvalue weighted by Crippen LogP contribution is 2.29. The van der Waals surface area contributed by atoms with Crippen molar-refractivity contribution in [2.45, 2.75) is 64.1 Å². The first-order valence-electron chi connectivity index (χ1n) is 13.3. The third-order valence-corrected chi connectivity index (χ3v) is 9.71. The minimum atomic E-state index is -4.19. The van der Waals surface area contributed by atoms with E-state index >= 15 is 0 Å². The molecule has 7 nitrogen and oxygen atoms in total. The van der Waals surface area contributed by atoms with E-state index in [2.05, 4.69) is 5.32 Å². The first-order valence-corrected chi connectivity index (χ1v) is 15.8.